The minimum atomic E-state index is -5.08. The number of hydrogen-bond acceptors (Lipinski definition) is 19. The summed E-state index contributed by atoms with van der Waals surface area (Å²) in [7, 11) is 0. The van der Waals surface area contributed by atoms with Crippen molar-refractivity contribution in [3.05, 3.63) is 36.2 Å². The molecule has 65 heavy (non-hydrogen) atoms. The quantitative estimate of drug-likeness (QED) is 0.0664. The van der Waals surface area contributed by atoms with Crippen LogP contribution in [-0.4, -0.2) is 208 Å². The molecule has 0 saturated heterocycles. The molecule has 0 radical (unpaired) electrons. The number of nitrogens with one attached hydrogen (secondary N) is 2. The molecule has 2 rings (SSSR count). The fourth-order valence-corrected chi connectivity index (χ4v) is 4.53. The molecule has 22 nitrogen and oxygen atoms in total. The maximum atomic E-state index is 12.2. The minimum Gasteiger partial charge on any atom is -0.475 e. The van der Waals surface area contributed by atoms with Crippen LogP contribution >= 0.6 is 0 Å². The number of carboxylic acids is 1. The average Bonchev–Trinajstić information content (AvgIpc) is 3.30. The molecule has 2 amide bonds. The Bertz CT molecular complexity index is 1430. The molecule has 372 valence electrons. The summed E-state index contributed by atoms with van der Waals surface area (Å²) >= 11 is 0. The van der Waals surface area contributed by atoms with E-state index in [1.54, 1.807) is 0 Å². The zero-order valence-corrected chi connectivity index (χ0v) is 36.8. The minimum absolute atomic E-state index is 0.116. The number of nitrogens with two attached hydrogens (primary N) is 1. The SMILES string of the molecule is NCCOCCOCCOCCOCCOCCOCCOCCOCCOCCOCCOCCNC(=O)CCCC(=O)NCc1ccc(-c2nncnn2)cc1.O=C(O)C(F)(F)F. The van der Waals surface area contributed by atoms with Crippen LogP contribution in [0, 0.1) is 0 Å². The van der Waals surface area contributed by atoms with Crippen molar-refractivity contribution in [2.75, 3.05) is 158 Å². The number of ether oxygens (including phenoxy) is 11. The van der Waals surface area contributed by atoms with Gasteiger partial charge in [-0.25, -0.2) is 4.79 Å². The molecule has 0 spiro atoms. The Hall–Kier alpha value is -4.12. The second-order valence-electron chi connectivity index (χ2n) is 12.9. The lowest BCUT2D eigenvalue weighted by Gasteiger charge is -2.09. The standard InChI is InChI=1S/C38H65N7O13.C2HF3O2/c39-8-10-48-12-14-50-16-18-52-20-22-54-24-26-56-28-30-58-31-29-57-27-25-55-23-21-53-19-17-51-15-13-49-11-9-40-36(46)2-1-3-37(47)41-32-34-4-6-35(7-5-34)38-44-42-33-43-45-38;3-2(4,5)1(6)7/h4-7,33H,1-3,8-32,39H2,(H,40,46)(H,41,47);(H,6,7). The summed E-state index contributed by atoms with van der Waals surface area (Å²) in [6.45, 7) is 11.9. The van der Waals surface area contributed by atoms with E-state index in [9.17, 15) is 22.8 Å². The number of hydrogen-bond donors (Lipinski definition) is 4. The predicted molar refractivity (Wildman–Crippen MR) is 224 cm³/mol. The largest absolute Gasteiger partial charge is 0.490 e. The highest BCUT2D eigenvalue weighted by molar-refractivity contribution is 5.78. The Morgan fingerprint density at radius 2 is 0.846 bits per heavy atom. The zero-order valence-electron chi connectivity index (χ0n) is 36.8. The number of carboxylic acid groups (broad SMARTS) is 1. The number of nitrogens with zero attached hydrogens (tertiary/aromatic N) is 4. The van der Waals surface area contributed by atoms with Crippen molar-refractivity contribution >= 4 is 17.8 Å². The van der Waals surface area contributed by atoms with Crippen LogP contribution in [0.25, 0.3) is 11.4 Å². The van der Waals surface area contributed by atoms with E-state index in [1.165, 1.54) is 6.33 Å². The Balaban J connectivity index is 0.00000277. The van der Waals surface area contributed by atoms with Gasteiger partial charge < -0.3 is 73.6 Å². The maximum absolute atomic E-state index is 12.2. The summed E-state index contributed by atoms with van der Waals surface area (Å²) in [4.78, 5) is 33.1. The first-order valence-electron chi connectivity index (χ1n) is 21.1. The number of benzene rings is 1. The molecule has 0 unspecified atom stereocenters. The first kappa shape index (κ1) is 58.9. The van der Waals surface area contributed by atoms with Crippen LogP contribution in [0.4, 0.5) is 13.2 Å². The lowest BCUT2D eigenvalue weighted by molar-refractivity contribution is -0.192. The highest BCUT2D eigenvalue weighted by atomic mass is 19.4. The Labute approximate surface area is 376 Å². The average molecular weight is 942 g/mol. The van der Waals surface area contributed by atoms with Crippen LogP contribution in [0.2, 0.25) is 0 Å². The van der Waals surface area contributed by atoms with Gasteiger partial charge in [0, 0.05) is 38.0 Å². The second kappa shape index (κ2) is 42.5. The molecular formula is C40H66F3N7O15. The molecule has 0 aliphatic heterocycles. The first-order valence-corrected chi connectivity index (χ1v) is 21.1. The number of alkyl halides is 3. The third-order valence-corrected chi connectivity index (χ3v) is 7.71. The number of rotatable bonds is 42. The number of amides is 2. The summed E-state index contributed by atoms with van der Waals surface area (Å²) in [5.74, 6) is -2.56. The Kier molecular flexibility index (Phi) is 38.5. The van der Waals surface area contributed by atoms with Gasteiger partial charge in [-0.3, -0.25) is 9.59 Å². The fraction of sp³-hybridized carbons (Fsp3) is 0.725. The van der Waals surface area contributed by atoms with Crippen molar-refractivity contribution in [1.29, 1.82) is 0 Å². The molecule has 5 N–H and O–H groups in total. The van der Waals surface area contributed by atoms with E-state index in [4.69, 9.17) is 67.7 Å². The zero-order chi connectivity index (χ0) is 47.3. The third-order valence-electron chi connectivity index (χ3n) is 7.71. The van der Waals surface area contributed by atoms with Crippen LogP contribution in [0.3, 0.4) is 0 Å². The van der Waals surface area contributed by atoms with Crippen molar-refractivity contribution in [3.63, 3.8) is 0 Å². The number of halogens is 3. The summed E-state index contributed by atoms with van der Waals surface area (Å²) in [5, 5.41) is 28.1. The van der Waals surface area contributed by atoms with Gasteiger partial charge in [0.2, 0.25) is 17.6 Å². The molecule has 0 fully saturated rings. The van der Waals surface area contributed by atoms with Crippen molar-refractivity contribution < 1.29 is 84.8 Å². The maximum Gasteiger partial charge on any atom is 0.490 e. The highest BCUT2D eigenvalue weighted by Gasteiger charge is 2.38. The van der Waals surface area contributed by atoms with Gasteiger partial charge in [0.25, 0.3) is 0 Å². The summed E-state index contributed by atoms with van der Waals surface area (Å²) in [6.07, 6.45) is -2.83. The van der Waals surface area contributed by atoms with E-state index in [2.05, 4.69) is 31.0 Å². The van der Waals surface area contributed by atoms with Crippen LogP contribution in [-0.2, 0) is 73.0 Å². The molecule has 0 aliphatic rings. The molecule has 0 saturated carbocycles. The van der Waals surface area contributed by atoms with Gasteiger partial charge in [-0.05, 0) is 12.0 Å². The van der Waals surface area contributed by atoms with Gasteiger partial charge in [-0.1, -0.05) is 24.3 Å². The lowest BCUT2D eigenvalue weighted by Crippen LogP contribution is -2.28. The molecule has 1 aromatic carbocycles. The molecule has 0 aliphatic carbocycles. The van der Waals surface area contributed by atoms with Gasteiger partial charge in [-0.15, -0.1) is 20.4 Å². The second-order valence-corrected chi connectivity index (χ2v) is 12.9. The molecule has 0 bridgehead atoms. The van der Waals surface area contributed by atoms with Gasteiger partial charge >= 0.3 is 12.1 Å². The van der Waals surface area contributed by atoms with Crippen molar-refractivity contribution in [3.8, 4) is 11.4 Å². The van der Waals surface area contributed by atoms with Gasteiger partial charge in [0.05, 0.1) is 145 Å². The van der Waals surface area contributed by atoms with E-state index in [0.29, 0.717) is 177 Å². The third kappa shape index (κ3) is 38.8. The van der Waals surface area contributed by atoms with E-state index in [0.717, 1.165) is 11.1 Å². The van der Waals surface area contributed by atoms with Gasteiger partial charge in [-0.2, -0.15) is 13.2 Å². The van der Waals surface area contributed by atoms with Crippen molar-refractivity contribution in [2.24, 2.45) is 5.73 Å². The van der Waals surface area contributed by atoms with Gasteiger partial charge in [0.1, 0.15) is 0 Å². The van der Waals surface area contributed by atoms with Crippen LogP contribution in [0.15, 0.2) is 30.6 Å². The lowest BCUT2D eigenvalue weighted by atomic mass is 10.1. The number of carbonyl (C=O) groups is 3. The first-order chi connectivity index (χ1) is 31.6. The van der Waals surface area contributed by atoms with Crippen LogP contribution in [0.1, 0.15) is 24.8 Å². The predicted octanol–water partition coefficient (Wildman–Crippen LogP) is 0.611. The Morgan fingerprint density at radius 3 is 1.18 bits per heavy atom. The molecule has 0 atom stereocenters. The van der Waals surface area contributed by atoms with Crippen LogP contribution in [0.5, 0.6) is 0 Å². The van der Waals surface area contributed by atoms with Crippen molar-refractivity contribution in [2.45, 2.75) is 32.0 Å². The highest BCUT2D eigenvalue weighted by Crippen LogP contribution is 2.14. The summed E-state index contributed by atoms with van der Waals surface area (Å²) in [6, 6.07) is 7.45. The van der Waals surface area contributed by atoms with E-state index < -0.39 is 12.1 Å². The van der Waals surface area contributed by atoms with E-state index >= 15 is 0 Å². The Morgan fingerprint density at radius 1 is 0.523 bits per heavy atom. The van der Waals surface area contributed by atoms with Crippen molar-refractivity contribution in [1.82, 2.24) is 31.0 Å². The molecule has 1 heterocycles. The molecule has 1 aromatic heterocycles. The summed E-state index contributed by atoms with van der Waals surface area (Å²) < 4.78 is 91.6. The molecule has 25 heteroatoms. The van der Waals surface area contributed by atoms with Gasteiger partial charge in [0.15, 0.2) is 6.33 Å². The summed E-state index contributed by atoms with van der Waals surface area (Å²) in [5.41, 5.74) is 7.05. The smallest absolute Gasteiger partial charge is 0.475 e. The number of aliphatic carboxylic acids is 1. The monoisotopic (exact) mass is 941 g/mol. The topological polar surface area (TPSA) is 275 Å². The normalized spacial score (nSPS) is 11.3. The molecular weight excluding hydrogens is 875 g/mol. The number of carbonyl (C=O) groups excluding carboxylic acids is 2. The van der Waals surface area contributed by atoms with E-state index in [1.807, 2.05) is 24.3 Å². The fourth-order valence-electron chi connectivity index (χ4n) is 4.53. The van der Waals surface area contributed by atoms with Crippen LogP contribution < -0.4 is 16.4 Å². The number of aromatic nitrogens is 4. The van der Waals surface area contributed by atoms with E-state index in [-0.39, 0.29) is 24.7 Å². The molecule has 2 aromatic rings.